The van der Waals surface area contributed by atoms with Crippen molar-refractivity contribution in [2.24, 2.45) is 0 Å². The topological polar surface area (TPSA) is 65.6 Å². The third-order valence-corrected chi connectivity index (χ3v) is 2.42. The molecule has 0 fully saturated rings. The number of aliphatic hydroxyl groups excluding tert-OH is 1. The monoisotopic (exact) mass is 213 g/mol. The lowest BCUT2D eigenvalue weighted by atomic mass is 10.1. The number of hydrogen-bond donors (Lipinski definition) is 3. The molecule has 0 unspecified atom stereocenters. The summed E-state index contributed by atoms with van der Waals surface area (Å²) in [5.41, 5.74) is 0. The lowest BCUT2D eigenvalue weighted by molar-refractivity contribution is -0.173. The Morgan fingerprint density at radius 2 is 1.67 bits per heavy atom. The number of aliphatic hydroxyl groups is 3. The van der Waals surface area contributed by atoms with E-state index in [2.05, 4.69) is 0 Å². The van der Waals surface area contributed by atoms with Crippen LogP contribution < -0.4 is 0 Å². The van der Waals surface area contributed by atoms with Gasteiger partial charge >= 0.3 is 0 Å². The zero-order valence-corrected chi connectivity index (χ0v) is 8.84. The molecule has 0 radical (unpaired) electrons. The largest absolute Gasteiger partial charge is 0.396 e. The van der Waals surface area contributed by atoms with Crippen LogP contribution in [0, 0.1) is 0 Å². The molecule has 4 heteroatoms. The molecule has 3 N–H and O–H groups in total. The Bertz CT molecular complexity index is 257. The fraction of sp³-hybridized carbons (Fsp3) is 0.636. The highest BCUT2D eigenvalue weighted by Gasteiger charge is 2.21. The first kappa shape index (κ1) is 12.2. The smallest absolute Gasteiger partial charge is 0.164 e. The molecule has 0 spiro atoms. The summed E-state index contributed by atoms with van der Waals surface area (Å²) >= 11 is 0. The Balaban J connectivity index is 2.23. The van der Waals surface area contributed by atoms with E-state index in [1.165, 1.54) is 0 Å². The number of unbranched alkanes of at least 4 members (excludes halogenated alkanes) is 1. The lowest BCUT2D eigenvalue weighted by Gasteiger charge is -2.21. The Morgan fingerprint density at radius 1 is 1.00 bits per heavy atom. The summed E-state index contributed by atoms with van der Waals surface area (Å²) in [7, 11) is 0. The van der Waals surface area contributed by atoms with Crippen molar-refractivity contribution >= 4 is 0 Å². The minimum absolute atomic E-state index is 0.105. The van der Waals surface area contributed by atoms with Gasteiger partial charge in [0, 0.05) is 38.4 Å². The van der Waals surface area contributed by atoms with Gasteiger partial charge in [-0.05, 0) is 25.0 Å². The third kappa shape index (κ3) is 4.97. The first-order valence-electron chi connectivity index (χ1n) is 5.30. The maximum absolute atomic E-state index is 9.60. The molecule has 4 nitrogen and oxygen atoms in total. The van der Waals surface area contributed by atoms with E-state index in [-0.39, 0.29) is 6.61 Å². The Morgan fingerprint density at radius 3 is 2.27 bits per heavy atom. The van der Waals surface area contributed by atoms with Crippen molar-refractivity contribution in [1.29, 1.82) is 0 Å². The minimum Gasteiger partial charge on any atom is -0.396 e. The summed E-state index contributed by atoms with van der Waals surface area (Å²) < 4.78 is 1.91. The summed E-state index contributed by atoms with van der Waals surface area (Å²) in [4.78, 5) is 0. The van der Waals surface area contributed by atoms with Gasteiger partial charge in [-0.2, -0.15) is 0 Å². The normalized spacial score (nSPS) is 11.9. The van der Waals surface area contributed by atoms with Crippen molar-refractivity contribution in [3.05, 3.63) is 24.5 Å². The summed E-state index contributed by atoms with van der Waals surface area (Å²) in [5.74, 6) is -1.61. The molecule has 1 aromatic heterocycles. The van der Waals surface area contributed by atoms with Crippen LogP contribution in [0.25, 0.3) is 0 Å². The number of hydrogen-bond acceptors (Lipinski definition) is 3. The zero-order chi connectivity index (χ0) is 11.1. The Kier molecular flexibility index (Phi) is 4.81. The molecule has 1 aromatic rings. The molecule has 0 atom stereocenters. The van der Waals surface area contributed by atoms with Crippen molar-refractivity contribution in [2.75, 3.05) is 6.61 Å². The van der Waals surface area contributed by atoms with Gasteiger partial charge in [0.15, 0.2) is 5.79 Å². The SMILES string of the molecule is OCCCCC(O)(O)CCn1cccc1. The highest BCUT2D eigenvalue weighted by atomic mass is 16.5. The first-order valence-corrected chi connectivity index (χ1v) is 5.30. The molecule has 0 saturated heterocycles. The predicted octanol–water partition coefficient (Wildman–Crippen LogP) is 0.722. The van der Waals surface area contributed by atoms with Crippen molar-refractivity contribution in [3.8, 4) is 0 Å². The van der Waals surface area contributed by atoms with Crippen LogP contribution in [0.3, 0.4) is 0 Å². The summed E-state index contributed by atoms with van der Waals surface area (Å²) in [5, 5.41) is 27.8. The molecule has 0 aliphatic rings. The molecular weight excluding hydrogens is 194 g/mol. The predicted molar refractivity (Wildman–Crippen MR) is 57.2 cm³/mol. The molecule has 0 aromatic carbocycles. The molecule has 0 amide bonds. The number of nitrogens with zero attached hydrogens (tertiary/aromatic N) is 1. The van der Waals surface area contributed by atoms with E-state index >= 15 is 0 Å². The average molecular weight is 213 g/mol. The molecule has 1 rings (SSSR count). The third-order valence-electron chi connectivity index (χ3n) is 2.42. The second-order valence-corrected chi connectivity index (χ2v) is 3.83. The lowest BCUT2D eigenvalue weighted by Crippen LogP contribution is -2.29. The van der Waals surface area contributed by atoms with E-state index in [1.54, 1.807) is 0 Å². The highest BCUT2D eigenvalue weighted by molar-refractivity contribution is 4.90. The molecule has 0 aliphatic heterocycles. The van der Waals surface area contributed by atoms with Gasteiger partial charge in [-0.25, -0.2) is 0 Å². The van der Waals surface area contributed by atoms with Crippen molar-refractivity contribution < 1.29 is 15.3 Å². The maximum atomic E-state index is 9.60. The average Bonchev–Trinajstić information content (AvgIpc) is 2.68. The van der Waals surface area contributed by atoms with Gasteiger partial charge in [-0.1, -0.05) is 0 Å². The highest BCUT2D eigenvalue weighted by Crippen LogP contribution is 2.16. The van der Waals surface area contributed by atoms with Crippen LogP contribution in [0.15, 0.2) is 24.5 Å². The number of aromatic nitrogens is 1. The van der Waals surface area contributed by atoms with Gasteiger partial charge in [-0.15, -0.1) is 0 Å². The standard InChI is InChI=1S/C11H19NO3/c13-10-4-1-5-11(14,15)6-9-12-7-2-3-8-12/h2-3,7-8,13-15H,1,4-6,9-10H2. The quantitative estimate of drug-likeness (QED) is 0.462. The molecular formula is C11H19NO3. The molecule has 1 heterocycles. The first-order chi connectivity index (χ1) is 7.14. The van der Waals surface area contributed by atoms with E-state index < -0.39 is 5.79 Å². The second-order valence-electron chi connectivity index (χ2n) is 3.83. The van der Waals surface area contributed by atoms with Crippen LogP contribution in [-0.2, 0) is 6.54 Å². The number of aryl methyl sites for hydroxylation is 1. The molecule has 0 saturated carbocycles. The van der Waals surface area contributed by atoms with E-state index in [0.29, 0.717) is 32.2 Å². The van der Waals surface area contributed by atoms with Crippen LogP contribution in [0.2, 0.25) is 0 Å². The fourth-order valence-electron chi connectivity index (χ4n) is 1.47. The minimum atomic E-state index is -1.61. The Hall–Kier alpha value is -0.840. The van der Waals surface area contributed by atoms with Crippen LogP contribution in [0.4, 0.5) is 0 Å². The van der Waals surface area contributed by atoms with Crippen LogP contribution in [-0.4, -0.2) is 32.3 Å². The summed E-state index contributed by atoms with van der Waals surface area (Å²) in [6.07, 6.45) is 5.66. The van der Waals surface area contributed by atoms with E-state index in [4.69, 9.17) is 5.11 Å². The van der Waals surface area contributed by atoms with Gasteiger partial charge < -0.3 is 19.9 Å². The van der Waals surface area contributed by atoms with Gasteiger partial charge in [0.25, 0.3) is 0 Å². The Labute approximate surface area is 89.8 Å². The van der Waals surface area contributed by atoms with E-state index in [0.717, 1.165) is 0 Å². The summed E-state index contributed by atoms with van der Waals surface area (Å²) in [6, 6.07) is 3.81. The van der Waals surface area contributed by atoms with Crippen LogP contribution in [0.1, 0.15) is 25.7 Å². The molecule has 0 aliphatic carbocycles. The maximum Gasteiger partial charge on any atom is 0.164 e. The van der Waals surface area contributed by atoms with Gasteiger partial charge in [0.1, 0.15) is 0 Å². The van der Waals surface area contributed by atoms with Gasteiger partial charge in [-0.3, -0.25) is 0 Å². The van der Waals surface area contributed by atoms with Gasteiger partial charge in [0.2, 0.25) is 0 Å². The van der Waals surface area contributed by atoms with Crippen LogP contribution >= 0.6 is 0 Å². The van der Waals surface area contributed by atoms with Crippen molar-refractivity contribution in [2.45, 2.75) is 38.0 Å². The summed E-state index contributed by atoms with van der Waals surface area (Å²) in [6.45, 7) is 0.701. The zero-order valence-electron chi connectivity index (χ0n) is 8.84. The fourth-order valence-corrected chi connectivity index (χ4v) is 1.47. The van der Waals surface area contributed by atoms with Crippen molar-refractivity contribution in [1.82, 2.24) is 4.57 Å². The van der Waals surface area contributed by atoms with Crippen LogP contribution in [0.5, 0.6) is 0 Å². The molecule has 86 valence electrons. The molecule has 0 bridgehead atoms. The second kappa shape index (κ2) is 5.90. The molecule has 15 heavy (non-hydrogen) atoms. The number of rotatable bonds is 7. The van der Waals surface area contributed by atoms with E-state index in [9.17, 15) is 10.2 Å². The van der Waals surface area contributed by atoms with E-state index in [1.807, 2.05) is 29.1 Å². The van der Waals surface area contributed by atoms with Crippen molar-refractivity contribution in [3.63, 3.8) is 0 Å². The van der Waals surface area contributed by atoms with Gasteiger partial charge in [0.05, 0.1) is 0 Å².